The predicted molar refractivity (Wildman–Crippen MR) is 90.1 cm³/mol. The minimum absolute atomic E-state index is 0.659. The molecule has 5 heteroatoms. The number of hydrogen-bond acceptors (Lipinski definition) is 5. The summed E-state index contributed by atoms with van der Waals surface area (Å²) in [6.07, 6.45) is 13.0. The molecule has 120 valence electrons. The number of piperidine rings is 1. The Morgan fingerprint density at radius 3 is 3.09 bits per heavy atom. The average molecular weight is 301 g/mol. The maximum atomic E-state index is 4.64. The Kier molecular flexibility index (Phi) is 5.24. The zero-order valence-corrected chi connectivity index (χ0v) is 13.6. The fraction of sp³-hybridized carbons (Fsp3) is 0.706. The summed E-state index contributed by atoms with van der Waals surface area (Å²) in [5.74, 6) is 2.35. The van der Waals surface area contributed by atoms with Gasteiger partial charge in [-0.2, -0.15) is 10.1 Å². The molecule has 0 radical (unpaired) electrons. The molecule has 1 unspecified atom stereocenters. The summed E-state index contributed by atoms with van der Waals surface area (Å²) >= 11 is 0. The van der Waals surface area contributed by atoms with Crippen LogP contribution in [0.3, 0.4) is 0 Å². The van der Waals surface area contributed by atoms with E-state index in [4.69, 9.17) is 0 Å². The molecular formula is C17H27N5. The number of anilines is 2. The van der Waals surface area contributed by atoms with Crippen molar-refractivity contribution in [2.45, 2.75) is 51.9 Å². The van der Waals surface area contributed by atoms with Crippen LogP contribution in [0.1, 0.15) is 51.9 Å². The van der Waals surface area contributed by atoms with Gasteiger partial charge in [0.2, 0.25) is 5.95 Å². The van der Waals surface area contributed by atoms with Crippen LogP contribution in [0.2, 0.25) is 0 Å². The highest BCUT2D eigenvalue weighted by atomic mass is 15.3. The minimum atomic E-state index is 0.659. The van der Waals surface area contributed by atoms with Crippen molar-refractivity contribution in [1.82, 2.24) is 15.2 Å². The second-order valence-electron chi connectivity index (χ2n) is 6.62. The summed E-state index contributed by atoms with van der Waals surface area (Å²) in [7, 11) is 0. The lowest BCUT2D eigenvalue weighted by molar-refractivity contribution is 0.444. The van der Waals surface area contributed by atoms with E-state index in [9.17, 15) is 0 Å². The van der Waals surface area contributed by atoms with E-state index in [1.165, 1.54) is 38.5 Å². The Labute approximate surface area is 133 Å². The molecule has 0 bridgehead atoms. The third-order valence-electron chi connectivity index (χ3n) is 4.64. The molecule has 2 heterocycles. The van der Waals surface area contributed by atoms with Gasteiger partial charge in [-0.1, -0.05) is 18.6 Å². The van der Waals surface area contributed by atoms with E-state index in [1.807, 2.05) is 0 Å². The zero-order valence-electron chi connectivity index (χ0n) is 13.6. The number of nitrogens with zero attached hydrogens (tertiary/aromatic N) is 4. The Morgan fingerprint density at radius 2 is 2.27 bits per heavy atom. The van der Waals surface area contributed by atoms with Crippen LogP contribution in [0.25, 0.3) is 0 Å². The molecule has 1 N–H and O–H groups in total. The first-order valence-electron chi connectivity index (χ1n) is 8.68. The van der Waals surface area contributed by atoms with E-state index >= 15 is 0 Å². The first kappa shape index (κ1) is 15.3. The summed E-state index contributed by atoms with van der Waals surface area (Å²) in [5, 5.41) is 11.6. The molecule has 0 spiro atoms. The van der Waals surface area contributed by atoms with Gasteiger partial charge in [-0.3, -0.25) is 0 Å². The Balaban J connectivity index is 1.53. The van der Waals surface area contributed by atoms with Crippen LogP contribution in [-0.4, -0.2) is 34.8 Å². The highest BCUT2D eigenvalue weighted by molar-refractivity contribution is 5.40. The van der Waals surface area contributed by atoms with E-state index in [0.717, 1.165) is 37.8 Å². The number of allylic oxidation sites excluding steroid dienone is 1. The number of hydrogen-bond donors (Lipinski definition) is 1. The number of nitrogens with one attached hydrogen (secondary N) is 1. The van der Waals surface area contributed by atoms with Gasteiger partial charge < -0.3 is 10.2 Å². The van der Waals surface area contributed by atoms with Crippen LogP contribution in [0.15, 0.2) is 17.8 Å². The number of aromatic nitrogens is 3. The highest BCUT2D eigenvalue weighted by Crippen LogP contribution is 2.22. The van der Waals surface area contributed by atoms with E-state index in [0.29, 0.717) is 5.95 Å². The van der Waals surface area contributed by atoms with E-state index in [-0.39, 0.29) is 0 Å². The van der Waals surface area contributed by atoms with Crippen molar-refractivity contribution >= 4 is 11.8 Å². The second kappa shape index (κ2) is 7.56. The molecule has 3 rings (SSSR count). The van der Waals surface area contributed by atoms with Crippen LogP contribution in [-0.2, 0) is 0 Å². The summed E-state index contributed by atoms with van der Waals surface area (Å²) in [6, 6.07) is 0. The van der Waals surface area contributed by atoms with Gasteiger partial charge in [-0.25, -0.2) is 0 Å². The highest BCUT2D eigenvalue weighted by Gasteiger charge is 2.18. The van der Waals surface area contributed by atoms with Gasteiger partial charge in [0.1, 0.15) is 0 Å². The molecular weight excluding hydrogens is 274 g/mol. The van der Waals surface area contributed by atoms with Crippen LogP contribution < -0.4 is 10.2 Å². The van der Waals surface area contributed by atoms with Crippen molar-refractivity contribution in [1.29, 1.82) is 0 Å². The average Bonchev–Trinajstić information content (AvgIpc) is 2.56. The monoisotopic (exact) mass is 301 g/mol. The normalized spacial score (nSPS) is 22.3. The van der Waals surface area contributed by atoms with E-state index in [2.05, 4.69) is 38.4 Å². The summed E-state index contributed by atoms with van der Waals surface area (Å²) in [5.41, 5.74) is 1.58. The molecule has 1 aromatic rings. The van der Waals surface area contributed by atoms with Crippen LogP contribution in [0, 0.1) is 5.92 Å². The van der Waals surface area contributed by atoms with Crippen molar-refractivity contribution < 1.29 is 0 Å². The summed E-state index contributed by atoms with van der Waals surface area (Å²) < 4.78 is 0. The SMILES string of the molecule is CC1CCCN(c2cnnc(NCCC3=CCCCC3)n2)C1. The van der Waals surface area contributed by atoms with Gasteiger partial charge >= 0.3 is 0 Å². The fourth-order valence-electron chi connectivity index (χ4n) is 3.39. The lowest BCUT2D eigenvalue weighted by Gasteiger charge is -2.31. The molecule has 1 saturated heterocycles. The second-order valence-corrected chi connectivity index (χ2v) is 6.62. The molecule has 1 atom stereocenters. The first-order chi connectivity index (χ1) is 10.8. The Bertz CT molecular complexity index is 514. The van der Waals surface area contributed by atoms with Gasteiger partial charge in [0.15, 0.2) is 5.82 Å². The first-order valence-corrected chi connectivity index (χ1v) is 8.68. The van der Waals surface area contributed by atoms with Crippen LogP contribution in [0.5, 0.6) is 0 Å². The maximum Gasteiger partial charge on any atom is 0.244 e. The quantitative estimate of drug-likeness (QED) is 0.845. The molecule has 22 heavy (non-hydrogen) atoms. The largest absolute Gasteiger partial charge is 0.355 e. The molecule has 1 aliphatic heterocycles. The lowest BCUT2D eigenvalue weighted by atomic mass is 9.97. The Hall–Kier alpha value is -1.65. The van der Waals surface area contributed by atoms with E-state index in [1.54, 1.807) is 11.8 Å². The van der Waals surface area contributed by atoms with Gasteiger partial charge in [-0.15, -0.1) is 5.10 Å². The molecule has 5 nitrogen and oxygen atoms in total. The smallest absolute Gasteiger partial charge is 0.244 e. The van der Waals surface area contributed by atoms with Crippen molar-refractivity contribution in [2.24, 2.45) is 5.92 Å². The zero-order chi connectivity index (χ0) is 15.2. The molecule has 1 fully saturated rings. The molecule has 0 amide bonds. The van der Waals surface area contributed by atoms with Crippen molar-refractivity contribution in [2.75, 3.05) is 29.9 Å². The van der Waals surface area contributed by atoms with E-state index < -0.39 is 0 Å². The van der Waals surface area contributed by atoms with Crippen molar-refractivity contribution in [3.05, 3.63) is 17.8 Å². The van der Waals surface area contributed by atoms with Crippen LogP contribution >= 0.6 is 0 Å². The minimum Gasteiger partial charge on any atom is -0.355 e. The molecule has 1 aliphatic carbocycles. The van der Waals surface area contributed by atoms with Gasteiger partial charge in [0, 0.05) is 19.6 Å². The topological polar surface area (TPSA) is 53.9 Å². The molecule has 0 saturated carbocycles. The van der Waals surface area contributed by atoms with Crippen molar-refractivity contribution in [3.63, 3.8) is 0 Å². The summed E-state index contributed by atoms with van der Waals surface area (Å²) in [4.78, 5) is 6.97. The maximum absolute atomic E-state index is 4.64. The third kappa shape index (κ3) is 4.18. The predicted octanol–water partition coefficient (Wildman–Crippen LogP) is 3.41. The Morgan fingerprint density at radius 1 is 1.32 bits per heavy atom. The van der Waals surface area contributed by atoms with Crippen LogP contribution in [0.4, 0.5) is 11.8 Å². The van der Waals surface area contributed by atoms with Gasteiger partial charge in [-0.05, 0) is 50.9 Å². The van der Waals surface area contributed by atoms with Crippen molar-refractivity contribution in [3.8, 4) is 0 Å². The lowest BCUT2D eigenvalue weighted by Crippen LogP contribution is -2.35. The molecule has 0 aromatic carbocycles. The third-order valence-corrected chi connectivity index (χ3v) is 4.64. The molecule has 2 aliphatic rings. The summed E-state index contributed by atoms with van der Waals surface area (Å²) in [6.45, 7) is 5.35. The molecule has 1 aromatic heterocycles. The standard InChI is InChI=1S/C17H27N5/c1-14-6-5-11-22(13-14)16-12-19-21-17(20-16)18-10-9-15-7-3-2-4-8-15/h7,12,14H,2-6,8-11,13H2,1H3,(H,18,20,21). The number of rotatable bonds is 5. The van der Waals surface area contributed by atoms with Gasteiger partial charge in [0.05, 0.1) is 6.20 Å². The van der Waals surface area contributed by atoms with Gasteiger partial charge in [0.25, 0.3) is 0 Å². The fourth-order valence-corrected chi connectivity index (χ4v) is 3.39.